The van der Waals surface area contributed by atoms with Gasteiger partial charge in [-0.1, -0.05) is 12.1 Å². The maximum absolute atomic E-state index is 12.8. The van der Waals surface area contributed by atoms with E-state index in [0.29, 0.717) is 5.56 Å². The number of methoxy groups -OCH3 is 1. The molecule has 5 nitrogen and oxygen atoms in total. The van der Waals surface area contributed by atoms with E-state index >= 15 is 0 Å². The number of ether oxygens (including phenoxy) is 1. The minimum atomic E-state index is -0.309. The van der Waals surface area contributed by atoms with Crippen LogP contribution in [-0.4, -0.2) is 23.0 Å². The first kappa shape index (κ1) is 13.9. The molecule has 104 valence electrons. The molecule has 0 saturated carbocycles. The van der Waals surface area contributed by atoms with Crippen LogP contribution in [-0.2, 0) is 0 Å². The van der Waals surface area contributed by atoms with Crippen molar-refractivity contribution in [1.29, 1.82) is 0 Å². The van der Waals surface area contributed by atoms with Gasteiger partial charge < -0.3 is 10.1 Å². The number of nitrogens with zero attached hydrogens (tertiary/aromatic N) is 2. The van der Waals surface area contributed by atoms with Gasteiger partial charge in [0.2, 0.25) is 0 Å². The zero-order valence-corrected chi connectivity index (χ0v) is 11.1. The van der Waals surface area contributed by atoms with Gasteiger partial charge in [-0.3, -0.25) is 4.79 Å². The smallest absolute Gasteiger partial charge is 0.316 e. The summed E-state index contributed by atoms with van der Waals surface area (Å²) in [6, 6.07) is 5.93. The zero-order chi connectivity index (χ0) is 14.5. The molecule has 0 unspecified atom stereocenters. The Balaban J connectivity index is 2.04. The minimum Gasteiger partial charge on any atom is -0.467 e. The van der Waals surface area contributed by atoms with Crippen LogP contribution in [0.5, 0.6) is 6.01 Å². The Morgan fingerprint density at radius 2 is 1.85 bits per heavy atom. The number of amides is 1. The summed E-state index contributed by atoms with van der Waals surface area (Å²) in [4.78, 5) is 19.7. The van der Waals surface area contributed by atoms with Crippen LogP contribution in [0.15, 0.2) is 36.7 Å². The molecule has 0 spiro atoms. The van der Waals surface area contributed by atoms with Crippen LogP contribution in [0.3, 0.4) is 0 Å². The van der Waals surface area contributed by atoms with E-state index in [1.807, 2.05) is 6.92 Å². The topological polar surface area (TPSA) is 64.1 Å². The van der Waals surface area contributed by atoms with Crippen molar-refractivity contribution in [3.63, 3.8) is 0 Å². The predicted molar refractivity (Wildman–Crippen MR) is 70.9 cm³/mol. The molecule has 0 aliphatic rings. The summed E-state index contributed by atoms with van der Waals surface area (Å²) in [5.41, 5.74) is 1.15. The summed E-state index contributed by atoms with van der Waals surface area (Å²) in [7, 11) is 1.45. The summed E-state index contributed by atoms with van der Waals surface area (Å²) < 4.78 is 17.7. The van der Waals surface area contributed by atoms with Crippen LogP contribution in [0.25, 0.3) is 0 Å². The third kappa shape index (κ3) is 3.28. The number of aromatic nitrogens is 2. The van der Waals surface area contributed by atoms with Crippen molar-refractivity contribution < 1.29 is 13.9 Å². The Morgan fingerprint density at radius 3 is 2.40 bits per heavy atom. The maximum atomic E-state index is 12.8. The van der Waals surface area contributed by atoms with Gasteiger partial charge in [-0.2, -0.15) is 0 Å². The number of carbonyl (C=O) groups is 1. The highest BCUT2D eigenvalue weighted by molar-refractivity contribution is 5.93. The number of hydrogen-bond acceptors (Lipinski definition) is 4. The third-order valence-corrected chi connectivity index (χ3v) is 2.79. The van der Waals surface area contributed by atoms with E-state index < -0.39 is 0 Å². The molecule has 1 amide bonds. The first-order chi connectivity index (χ1) is 9.60. The van der Waals surface area contributed by atoms with E-state index in [-0.39, 0.29) is 23.8 Å². The number of hydrogen-bond donors (Lipinski definition) is 1. The van der Waals surface area contributed by atoms with E-state index in [1.54, 1.807) is 12.1 Å². The second-order valence-corrected chi connectivity index (χ2v) is 4.21. The van der Waals surface area contributed by atoms with Crippen molar-refractivity contribution in [3.05, 3.63) is 53.6 Å². The molecule has 2 rings (SSSR count). The molecular formula is C14H14FN3O2. The van der Waals surface area contributed by atoms with E-state index in [2.05, 4.69) is 15.3 Å². The first-order valence-electron chi connectivity index (χ1n) is 6.02. The fraction of sp³-hybridized carbons (Fsp3) is 0.214. The van der Waals surface area contributed by atoms with Gasteiger partial charge in [0.25, 0.3) is 5.91 Å². The highest BCUT2D eigenvalue weighted by Crippen LogP contribution is 2.13. The van der Waals surface area contributed by atoms with E-state index in [0.717, 1.165) is 5.56 Å². The molecule has 0 saturated heterocycles. The first-order valence-corrected chi connectivity index (χ1v) is 6.02. The quantitative estimate of drug-likeness (QED) is 0.928. The number of nitrogens with one attached hydrogen (secondary N) is 1. The van der Waals surface area contributed by atoms with Crippen LogP contribution < -0.4 is 10.1 Å². The lowest BCUT2D eigenvalue weighted by Crippen LogP contribution is -2.26. The predicted octanol–water partition coefficient (Wildman–Crippen LogP) is 2.12. The average Bonchev–Trinajstić information content (AvgIpc) is 2.48. The Kier molecular flexibility index (Phi) is 4.24. The summed E-state index contributed by atoms with van der Waals surface area (Å²) in [6.45, 7) is 1.81. The van der Waals surface area contributed by atoms with Gasteiger partial charge in [-0.25, -0.2) is 14.4 Å². The van der Waals surface area contributed by atoms with Gasteiger partial charge in [0.15, 0.2) is 0 Å². The van der Waals surface area contributed by atoms with Crippen LogP contribution >= 0.6 is 0 Å². The average molecular weight is 275 g/mol. The SMILES string of the molecule is COc1ncc(C(=O)N[C@@H](C)c2ccc(F)cc2)cn1. The number of benzene rings is 1. The Morgan fingerprint density at radius 1 is 1.25 bits per heavy atom. The van der Waals surface area contributed by atoms with Gasteiger partial charge in [0, 0.05) is 12.4 Å². The third-order valence-electron chi connectivity index (χ3n) is 2.79. The number of rotatable bonds is 4. The van der Waals surface area contributed by atoms with E-state index in [9.17, 15) is 9.18 Å². The summed E-state index contributed by atoms with van der Waals surface area (Å²) in [6.07, 6.45) is 2.77. The van der Waals surface area contributed by atoms with Gasteiger partial charge >= 0.3 is 6.01 Å². The van der Waals surface area contributed by atoms with Crippen molar-refractivity contribution in [2.45, 2.75) is 13.0 Å². The molecule has 1 heterocycles. The summed E-state index contributed by atoms with van der Waals surface area (Å²) in [5.74, 6) is -0.611. The molecule has 20 heavy (non-hydrogen) atoms. The molecule has 6 heteroatoms. The molecule has 1 aromatic heterocycles. The molecule has 0 radical (unpaired) electrons. The monoisotopic (exact) mass is 275 g/mol. The van der Waals surface area contributed by atoms with Crippen LogP contribution in [0.1, 0.15) is 28.9 Å². The van der Waals surface area contributed by atoms with Crippen molar-refractivity contribution in [1.82, 2.24) is 15.3 Å². The highest BCUT2D eigenvalue weighted by Gasteiger charge is 2.12. The lowest BCUT2D eigenvalue weighted by molar-refractivity contribution is 0.0939. The zero-order valence-electron chi connectivity index (χ0n) is 11.1. The largest absolute Gasteiger partial charge is 0.467 e. The Bertz CT molecular complexity index is 584. The number of halogens is 1. The molecule has 0 bridgehead atoms. The lowest BCUT2D eigenvalue weighted by atomic mass is 10.1. The summed E-state index contributed by atoms with van der Waals surface area (Å²) >= 11 is 0. The fourth-order valence-corrected chi connectivity index (χ4v) is 1.65. The van der Waals surface area contributed by atoms with E-state index in [4.69, 9.17) is 4.74 Å². The molecule has 0 aliphatic heterocycles. The summed E-state index contributed by atoms with van der Waals surface area (Å²) in [5, 5.41) is 2.79. The standard InChI is InChI=1S/C14H14FN3O2/c1-9(10-3-5-12(15)6-4-10)18-13(19)11-7-16-14(20-2)17-8-11/h3-9H,1-2H3,(H,18,19)/t9-/m0/s1. The maximum Gasteiger partial charge on any atom is 0.316 e. The fourth-order valence-electron chi connectivity index (χ4n) is 1.65. The van der Waals surface area contributed by atoms with Gasteiger partial charge in [-0.15, -0.1) is 0 Å². The molecule has 1 N–H and O–H groups in total. The second kappa shape index (κ2) is 6.10. The minimum absolute atomic E-state index is 0.202. The highest BCUT2D eigenvalue weighted by atomic mass is 19.1. The Labute approximate surface area is 115 Å². The van der Waals surface area contributed by atoms with Gasteiger partial charge in [0.05, 0.1) is 18.7 Å². The molecule has 1 aromatic carbocycles. The van der Waals surface area contributed by atoms with Crippen molar-refractivity contribution >= 4 is 5.91 Å². The van der Waals surface area contributed by atoms with Crippen LogP contribution in [0.4, 0.5) is 4.39 Å². The molecule has 1 atom stereocenters. The molecular weight excluding hydrogens is 261 g/mol. The number of carbonyl (C=O) groups excluding carboxylic acids is 1. The van der Waals surface area contributed by atoms with Gasteiger partial charge in [-0.05, 0) is 24.6 Å². The molecule has 0 fully saturated rings. The normalized spacial score (nSPS) is 11.8. The van der Waals surface area contributed by atoms with Crippen molar-refractivity contribution in [2.75, 3.05) is 7.11 Å². The lowest BCUT2D eigenvalue weighted by Gasteiger charge is -2.14. The van der Waals surface area contributed by atoms with E-state index in [1.165, 1.54) is 31.6 Å². The van der Waals surface area contributed by atoms with Crippen molar-refractivity contribution in [3.8, 4) is 6.01 Å². The Hall–Kier alpha value is -2.50. The molecule has 2 aromatic rings. The van der Waals surface area contributed by atoms with Crippen LogP contribution in [0, 0.1) is 5.82 Å². The van der Waals surface area contributed by atoms with Crippen LogP contribution in [0.2, 0.25) is 0 Å². The van der Waals surface area contributed by atoms with Crippen molar-refractivity contribution in [2.24, 2.45) is 0 Å². The molecule has 0 aliphatic carbocycles. The second-order valence-electron chi connectivity index (χ2n) is 4.21. The van der Waals surface area contributed by atoms with Gasteiger partial charge in [0.1, 0.15) is 5.82 Å².